The third kappa shape index (κ3) is 2.65. The van der Waals surface area contributed by atoms with Crippen molar-refractivity contribution in [3.63, 3.8) is 0 Å². The van der Waals surface area contributed by atoms with Crippen LogP contribution in [0.4, 0.5) is 0 Å². The molecular weight excluding hydrogens is 326 g/mol. The molecule has 3 rings (SSSR count). The van der Waals surface area contributed by atoms with Gasteiger partial charge in [-0.2, -0.15) is 0 Å². The fourth-order valence-electron chi connectivity index (χ4n) is 2.45. The molecule has 0 amide bonds. The summed E-state index contributed by atoms with van der Waals surface area (Å²) in [6, 6.07) is 3.44. The summed E-state index contributed by atoms with van der Waals surface area (Å²) in [5.74, 6) is -0.463. The second-order valence-electron chi connectivity index (χ2n) is 5.09. The fraction of sp³-hybridized carbons (Fsp3) is 0.0588. The zero-order chi connectivity index (χ0) is 17.3. The number of hydrogen-bond donors (Lipinski definition) is 2. The van der Waals surface area contributed by atoms with Crippen molar-refractivity contribution in [1.82, 2.24) is 14.5 Å². The first-order chi connectivity index (χ1) is 11.5. The molecule has 2 aromatic heterocycles. The lowest BCUT2D eigenvalue weighted by molar-refractivity contribution is 0.104. The molecule has 6 nitrogen and oxygen atoms in total. The average molecular weight is 339 g/mol. The molecule has 24 heavy (non-hydrogen) atoms. The van der Waals surface area contributed by atoms with Crippen LogP contribution in [0.25, 0.3) is 11.6 Å². The van der Waals surface area contributed by atoms with E-state index in [0.29, 0.717) is 16.8 Å². The van der Waals surface area contributed by atoms with Crippen molar-refractivity contribution >= 4 is 29.7 Å². The van der Waals surface area contributed by atoms with Crippen molar-refractivity contribution in [2.75, 3.05) is 0 Å². The predicted molar refractivity (Wildman–Crippen MR) is 93.3 cm³/mol. The molecule has 1 aliphatic carbocycles. The van der Waals surface area contributed by atoms with Crippen molar-refractivity contribution in [3.8, 4) is 5.88 Å². The Morgan fingerprint density at radius 3 is 2.92 bits per heavy atom. The third-order valence-corrected chi connectivity index (χ3v) is 3.91. The molecule has 0 aliphatic heterocycles. The monoisotopic (exact) mass is 339 g/mol. The highest BCUT2D eigenvalue weighted by Gasteiger charge is 2.19. The van der Waals surface area contributed by atoms with Crippen LogP contribution in [0.1, 0.15) is 21.6 Å². The number of H-pyrrole nitrogens is 1. The van der Waals surface area contributed by atoms with Crippen LogP contribution in [-0.2, 0) is 6.54 Å². The van der Waals surface area contributed by atoms with E-state index < -0.39 is 5.56 Å². The SMILES string of the molecule is C=CCn1c(O)c(C=C2C=CC(=O)c3ncccc32)c(=O)[nH]c1=S. The zero-order valence-corrected chi connectivity index (χ0v) is 13.3. The maximum atomic E-state index is 12.2. The molecule has 0 saturated carbocycles. The van der Waals surface area contributed by atoms with Crippen LogP contribution in [0, 0.1) is 4.77 Å². The number of rotatable bonds is 3. The molecule has 7 heteroatoms. The summed E-state index contributed by atoms with van der Waals surface area (Å²) in [4.78, 5) is 30.7. The minimum absolute atomic E-state index is 0.0502. The van der Waals surface area contributed by atoms with Crippen LogP contribution in [0.2, 0.25) is 0 Å². The first kappa shape index (κ1) is 15.8. The molecule has 2 aromatic rings. The highest BCUT2D eigenvalue weighted by Crippen LogP contribution is 2.27. The Kier molecular flexibility index (Phi) is 4.09. The summed E-state index contributed by atoms with van der Waals surface area (Å²) in [7, 11) is 0. The number of pyridine rings is 1. The van der Waals surface area contributed by atoms with Crippen LogP contribution in [0.3, 0.4) is 0 Å². The second-order valence-corrected chi connectivity index (χ2v) is 5.48. The number of aromatic nitrogens is 3. The van der Waals surface area contributed by atoms with Gasteiger partial charge in [0.2, 0.25) is 11.7 Å². The van der Waals surface area contributed by atoms with E-state index in [9.17, 15) is 14.7 Å². The van der Waals surface area contributed by atoms with Crippen molar-refractivity contribution < 1.29 is 9.90 Å². The number of hydrogen-bond acceptors (Lipinski definition) is 5. The molecule has 2 heterocycles. The molecule has 0 fully saturated rings. The number of ketones is 1. The highest BCUT2D eigenvalue weighted by molar-refractivity contribution is 7.71. The molecule has 0 saturated heterocycles. The summed E-state index contributed by atoms with van der Waals surface area (Å²) in [6.45, 7) is 3.86. The predicted octanol–water partition coefficient (Wildman–Crippen LogP) is 2.49. The van der Waals surface area contributed by atoms with E-state index >= 15 is 0 Å². The number of fused-ring (bicyclic) bond motifs is 1. The van der Waals surface area contributed by atoms with Gasteiger partial charge < -0.3 is 5.11 Å². The Morgan fingerprint density at radius 2 is 2.17 bits per heavy atom. The Balaban J connectivity index is 2.23. The molecule has 0 spiro atoms. The summed E-state index contributed by atoms with van der Waals surface area (Å²) in [5, 5.41) is 10.4. The lowest BCUT2D eigenvalue weighted by atomic mass is 9.94. The summed E-state index contributed by atoms with van der Waals surface area (Å²) >= 11 is 5.05. The van der Waals surface area contributed by atoms with Gasteiger partial charge in [-0.15, -0.1) is 6.58 Å². The lowest BCUT2D eigenvalue weighted by Gasteiger charge is -2.13. The summed E-state index contributed by atoms with van der Waals surface area (Å²) in [6.07, 6.45) is 7.56. The Hall–Kier alpha value is -3.06. The van der Waals surface area contributed by atoms with Crippen molar-refractivity contribution in [2.24, 2.45) is 0 Å². The molecule has 0 aromatic carbocycles. The van der Waals surface area contributed by atoms with Gasteiger partial charge in [-0.3, -0.25) is 24.1 Å². The zero-order valence-electron chi connectivity index (χ0n) is 12.5. The van der Waals surface area contributed by atoms with Crippen LogP contribution < -0.4 is 5.56 Å². The topological polar surface area (TPSA) is 88.0 Å². The van der Waals surface area contributed by atoms with E-state index in [2.05, 4.69) is 16.5 Å². The van der Waals surface area contributed by atoms with Gasteiger partial charge in [-0.25, -0.2) is 0 Å². The lowest BCUT2D eigenvalue weighted by Crippen LogP contribution is -2.17. The summed E-state index contributed by atoms with van der Waals surface area (Å²) < 4.78 is 1.47. The quantitative estimate of drug-likeness (QED) is 0.662. The second kappa shape index (κ2) is 6.21. The average Bonchev–Trinajstić information content (AvgIpc) is 2.57. The smallest absolute Gasteiger partial charge is 0.262 e. The first-order valence-corrected chi connectivity index (χ1v) is 7.50. The van der Waals surface area contributed by atoms with E-state index in [1.54, 1.807) is 24.3 Å². The van der Waals surface area contributed by atoms with Gasteiger partial charge in [0, 0.05) is 18.3 Å². The minimum atomic E-state index is -0.513. The standard InChI is InChI=1S/C17H13N3O3S/c1-2-8-20-16(23)12(15(22)19-17(20)24)9-10-5-6-13(21)14-11(10)4-3-7-18-14/h2-7,9,23H,1,8H2,(H,19,22,24). The summed E-state index contributed by atoms with van der Waals surface area (Å²) in [5.41, 5.74) is 1.04. The van der Waals surface area contributed by atoms with Crippen LogP contribution in [-0.4, -0.2) is 25.4 Å². The molecule has 2 N–H and O–H groups in total. The number of allylic oxidation sites excluding steroid dienone is 4. The third-order valence-electron chi connectivity index (χ3n) is 3.58. The number of carbonyl (C=O) groups is 1. The van der Waals surface area contributed by atoms with E-state index in [4.69, 9.17) is 12.2 Å². The van der Waals surface area contributed by atoms with E-state index in [1.165, 1.54) is 22.9 Å². The molecular formula is C17H13N3O3S. The maximum Gasteiger partial charge on any atom is 0.262 e. The molecule has 0 atom stereocenters. The number of aromatic amines is 1. The molecule has 120 valence electrons. The Labute approximate surface area is 142 Å². The Morgan fingerprint density at radius 1 is 1.38 bits per heavy atom. The number of carbonyl (C=O) groups excluding carboxylic acids is 1. The van der Waals surface area contributed by atoms with Crippen LogP contribution in [0.5, 0.6) is 5.88 Å². The van der Waals surface area contributed by atoms with Gasteiger partial charge >= 0.3 is 0 Å². The van der Waals surface area contributed by atoms with Crippen LogP contribution in [0.15, 0.2) is 47.9 Å². The van der Waals surface area contributed by atoms with Gasteiger partial charge in [0.1, 0.15) is 11.3 Å². The number of aromatic hydroxyl groups is 1. The van der Waals surface area contributed by atoms with Gasteiger partial charge in [0.25, 0.3) is 5.56 Å². The molecule has 0 radical (unpaired) electrons. The van der Waals surface area contributed by atoms with Crippen molar-refractivity contribution in [3.05, 3.63) is 75.1 Å². The molecule has 0 unspecified atom stereocenters. The largest absolute Gasteiger partial charge is 0.494 e. The number of nitrogens with zero attached hydrogens (tertiary/aromatic N) is 2. The maximum absolute atomic E-state index is 12.2. The van der Waals surface area contributed by atoms with Gasteiger partial charge in [0.15, 0.2) is 4.77 Å². The first-order valence-electron chi connectivity index (χ1n) is 7.09. The van der Waals surface area contributed by atoms with Gasteiger partial charge in [-0.05, 0) is 36.0 Å². The van der Waals surface area contributed by atoms with E-state index in [1.807, 2.05) is 0 Å². The Bertz CT molecular complexity index is 1030. The van der Waals surface area contributed by atoms with Crippen molar-refractivity contribution in [1.29, 1.82) is 0 Å². The van der Waals surface area contributed by atoms with Gasteiger partial charge in [-0.1, -0.05) is 18.2 Å². The van der Waals surface area contributed by atoms with Crippen LogP contribution >= 0.6 is 12.2 Å². The fourth-order valence-corrected chi connectivity index (χ4v) is 2.71. The number of nitrogens with one attached hydrogen (secondary N) is 1. The van der Waals surface area contributed by atoms with Crippen molar-refractivity contribution in [2.45, 2.75) is 6.54 Å². The van der Waals surface area contributed by atoms with Gasteiger partial charge in [0.05, 0.1) is 0 Å². The van der Waals surface area contributed by atoms with E-state index in [0.717, 1.165) is 0 Å². The normalized spacial score (nSPS) is 14.7. The van der Waals surface area contributed by atoms with E-state index in [-0.39, 0.29) is 28.5 Å². The molecule has 0 bridgehead atoms. The molecule has 1 aliphatic rings. The highest BCUT2D eigenvalue weighted by atomic mass is 32.1. The minimum Gasteiger partial charge on any atom is -0.494 e.